The average molecular weight is 398 g/mol. The number of hydrogen-bond acceptors (Lipinski definition) is 2. The van der Waals surface area contributed by atoms with E-state index in [1.807, 2.05) is 0 Å². The van der Waals surface area contributed by atoms with Crippen molar-refractivity contribution in [1.82, 2.24) is 5.32 Å². The fraction of sp³-hybridized carbons (Fsp3) is 0.458. The van der Waals surface area contributed by atoms with Crippen molar-refractivity contribution in [2.45, 2.75) is 59.0 Å². The van der Waals surface area contributed by atoms with Crippen LogP contribution < -0.4 is 15.7 Å². The van der Waals surface area contributed by atoms with Gasteiger partial charge in [0.25, 0.3) is 8.32 Å². The summed E-state index contributed by atoms with van der Waals surface area (Å²) in [5.41, 5.74) is 0. The van der Waals surface area contributed by atoms with E-state index in [0.717, 1.165) is 6.42 Å². The largest absolute Gasteiger partial charge is 0.407 e. The summed E-state index contributed by atoms with van der Waals surface area (Å²) in [5, 5.41) is 5.57. The van der Waals surface area contributed by atoms with Gasteiger partial charge in [-0.3, -0.25) is 4.79 Å². The van der Waals surface area contributed by atoms with E-state index in [1.165, 1.54) is 10.4 Å². The topological polar surface area (TPSA) is 38.3 Å². The SMILES string of the molecule is CC(=O)N[C@@H](C)C[C@@H](C)CO[Si](c1ccccc1)(c1ccccc1)C(C)(C)C. The Labute approximate surface area is 171 Å². The molecule has 0 radical (unpaired) electrons. The summed E-state index contributed by atoms with van der Waals surface area (Å²) in [6, 6.07) is 21.6. The van der Waals surface area contributed by atoms with Crippen LogP contribution in [0.5, 0.6) is 0 Å². The minimum atomic E-state index is -2.48. The molecular formula is C24H35NO2Si. The number of rotatable bonds is 8. The van der Waals surface area contributed by atoms with Gasteiger partial charge in [0.05, 0.1) is 0 Å². The van der Waals surface area contributed by atoms with E-state index >= 15 is 0 Å². The second-order valence-corrected chi connectivity index (χ2v) is 13.2. The Hall–Kier alpha value is -1.91. The molecule has 0 bridgehead atoms. The second-order valence-electron chi connectivity index (χ2n) is 8.92. The molecule has 0 unspecified atom stereocenters. The lowest BCUT2D eigenvalue weighted by atomic mass is 10.0. The maximum Gasteiger partial charge on any atom is 0.261 e. The molecule has 2 aromatic carbocycles. The van der Waals surface area contributed by atoms with Gasteiger partial charge in [-0.2, -0.15) is 0 Å². The van der Waals surface area contributed by atoms with Crippen LogP contribution in [-0.4, -0.2) is 26.9 Å². The van der Waals surface area contributed by atoms with Crippen molar-refractivity contribution in [3.63, 3.8) is 0 Å². The molecule has 1 amide bonds. The van der Waals surface area contributed by atoms with Gasteiger partial charge in [-0.15, -0.1) is 0 Å². The summed E-state index contributed by atoms with van der Waals surface area (Å²) < 4.78 is 6.96. The van der Waals surface area contributed by atoms with Crippen LogP contribution in [0.3, 0.4) is 0 Å². The van der Waals surface area contributed by atoms with E-state index in [0.29, 0.717) is 12.5 Å². The van der Waals surface area contributed by atoms with Crippen LogP contribution >= 0.6 is 0 Å². The average Bonchev–Trinajstić information content (AvgIpc) is 2.62. The quantitative estimate of drug-likeness (QED) is 0.681. The molecule has 0 saturated carbocycles. The standard InChI is InChI=1S/C24H35NO2Si/c1-19(17-20(2)25-21(3)26)18-27-28(24(4,5)6,22-13-9-7-10-14-22)23-15-11-8-12-16-23/h7-16,19-20H,17-18H2,1-6H3,(H,25,26)/t19-,20+/m1/s1. The highest BCUT2D eigenvalue weighted by Crippen LogP contribution is 2.37. The minimum absolute atomic E-state index is 0.0152. The molecule has 2 aromatic rings. The first-order valence-corrected chi connectivity index (χ1v) is 12.1. The van der Waals surface area contributed by atoms with Gasteiger partial charge < -0.3 is 9.74 Å². The molecule has 0 aliphatic rings. The van der Waals surface area contributed by atoms with Gasteiger partial charge in [0.2, 0.25) is 5.91 Å². The predicted octanol–water partition coefficient (Wildman–Crippen LogP) is 4.11. The molecule has 1 N–H and O–H groups in total. The molecular weight excluding hydrogens is 362 g/mol. The lowest BCUT2D eigenvalue weighted by Gasteiger charge is -2.43. The summed E-state index contributed by atoms with van der Waals surface area (Å²) in [6.45, 7) is 13.4. The molecule has 0 fully saturated rings. The van der Waals surface area contributed by atoms with Crippen LogP contribution in [-0.2, 0) is 9.22 Å². The van der Waals surface area contributed by atoms with Crippen LogP contribution in [0.1, 0.15) is 48.0 Å². The van der Waals surface area contributed by atoms with Crippen LogP contribution in [0, 0.1) is 5.92 Å². The molecule has 3 nitrogen and oxygen atoms in total. The Balaban J connectivity index is 2.35. The van der Waals surface area contributed by atoms with E-state index < -0.39 is 8.32 Å². The maximum atomic E-state index is 11.3. The van der Waals surface area contributed by atoms with Crippen molar-refractivity contribution in [3.8, 4) is 0 Å². The van der Waals surface area contributed by atoms with Gasteiger partial charge in [0, 0.05) is 19.6 Å². The molecule has 0 aliphatic carbocycles. The fourth-order valence-corrected chi connectivity index (χ4v) is 8.80. The van der Waals surface area contributed by atoms with Crippen LogP contribution in [0.2, 0.25) is 5.04 Å². The molecule has 0 spiro atoms. The first-order valence-electron chi connectivity index (χ1n) is 10.2. The molecule has 4 heteroatoms. The Morgan fingerprint density at radius 1 is 0.964 bits per heavy atom. The summed E-state index contributed by atoms with van der Waals surface area (Å²) in [6.07, 6.45) is 0.901. The van der Waals surface area contributed by atoms with Crippen molar-refractivity contribution >= 4 is 24.6 Å². The van der Waals surface area contributed by atoms with Crippen molar-refractivity contribution in [2.75, 3.05) is 6.61 Å². The summed E-state index contributed by atoms with van der Waals surface area (Å²) in [5.74, 6) is 0.371. The molecule has 0 saturated heterocycles. The van der Waals surface area contributed by atoms with E-state index in [-0.39, 0.29) is 17.0 Å². The van der Waals surface area contributed by atoms with Crippen LogP contribution in [0.15, 0.2) is 60.7 Å². The molecule has 2 rings (SSSR count). The molecule has 0 heterocycles. The smallest absolute Gasteiger partial charge is 0.261 e. The number of amides is 1. The third-order valence-corrected chi connectivity index (χ3v) is 10.2. The Morgan fingerprint density at radius 3 is 1.82 bits per heavy atom. The molecule has 28 heavy (non-hydrogen) atoms. The number of benzene rings is 2. The van der Waals surface area contributed by atoms with Gasteiger partial charge in [-0.25, -0.2) is 0 Å². The second kappa shape index (κ2) is 9.53. The van der Waals surface area contributed by atoms with Crippen LogP contribution in [0.25, 0.3) is 0 Å². The number of carbonyl (C=O) groups is 1. The predicted molar refractivity (Wildman–Crippen MR) is 121 cm³/mol. The number of nitrogens with one attached hydrogen (secondary N) is 1. The zero-order chi connectivity index (χ0) is 20.8. The zero-order valence-corrected chi connectivity index (χ0v) is 19.2. The Bertz CT molecular complexity index is 701. The first kappa shape index (κ1) is 22.4. The van der Waals surface area contributed by atoms with Crippen LogP contribution in [0.4, 0.5) is 0 Å². The highest BCUT2D eigenvalue weighted by molar-refractivity contribution is 6.99. The monoisotopic (exact) mass is 397 g/mol. The van der Waals surface area contributed by atoms with Crippen molar-refractivity contribution in [2.24, 2.45) is 5.92 Å². The summed E-state index contributed by atoms with van der Waals surface area (Å²) >= 11 is 0. The molecule has 0 aliphatic heterocycles. The van der Waals surface area contributed by atoms with E-state index in [1.54, 1.807) is 6.92 Å². The minimum Gasteiger partial charge on any atom is -0.407 e. The number of carbonyl (C=O) groups excluding carboxylic acids is 1. The fourth-order valence-electron chi connectivity index (χ4n) is 4.11. The van der Waals surface area contributed by atoms with Gasteiger partial charge in [-0.05, 0) is 34.7 Å². The summed E-state index contributed by atoms with van der Waals surface area (Å²) in [4.78, 5) is 11.3. The zero-order valence-electron chi connectivity index (χ0n) is 18.2. The van der Waals surface area contributed by atoms with Gasteiger partial charge in [0.15, 0.2) is 0 Å². The molecule has 0 aromatic heterocycles. The highest BCUT2D eigenvalue weighted by Gasteiger charge is 2.50. The maximum absolute atomic E-state index is 11.3. The van der Waals surface area contributed by atoms with E-state index in [4.69, 9.17) is 4.43 Å². The summed E-state index contributed by atoms with van der Waals surface area (Å²) in [7, 11) is -2.48. The Morgan fingerprint density at radius 2 is 1.43 bits per heavy atom. The van der Waals surface area contributed by atoms with E-state index in [2.05, 4.69) is 101 Å². The number of hydrogen-bond donors (Lipinski definition) is 1. The van der Waals surface area contributed by atoms with Gasteiger partial charge in [0.1, 0.15) is 0 Å². The van der Waals surface area contributed by atoms with Gasteiger partial charge in [-0.1, -0.05) is 88.4 Å². The first-order chi connectivity index (χ1) is 13.2. The highest BCUT2D eigenvalue weighted by atomic mass is 28.4. The Kier molecular flexibility index (Phi) is 7.61. The molecule has 2 atom stereocenters. The van der Waals surface area contributed by atoms with Crippen molar-refractivity contribution in [3.05, 3.63) is 60.7 Å². The third-order valence-electron chi connectivity index (χ3n) is 5.21. The van der Waals surface area contributed by atoms with Crippen molar-refractivity contribution < 1.29 is 9.22 Å². The lowest BCUT2D eigenvalue weighted by Crippen LogP contribution is -2.66. The lowest BCUT2D eigenvalue weighted by molar-refractivity contribution is -0.119. The van der Waals surface area contributed by atoms with Crippen molar-refractivity contribution in [1.29, 1.82) is 0 Å². The third kappa shape index (κ3) is 5.33. The molecule has 152 valence electrons. The normalized spacial score (nSPS) is 14.4. The van der Waals surface area contributed by atoms with Gasteiger partial charge >= 0.3 is 0 Å². The van der Waals surface area contributed by atoms with E-state index in [9.17, 15) is 4.79 Å².